The molecule has 0 aromatic carbocycles. The summed E-state index contributed by atoms with van der Waals surface area (Å²) in [4.78, 5) is 10.7. The summed E-state index contributed by atoms with van der Waals surface area (Å²) < 4.78 is 6.16. The van der Waals surface area contributed by atoms with Gasteiger partial charge in [0.05, 0.1) is 11.7 Å². The SMILES string of the molecule is C[C@H](NCC1CCC2(CCCCC2)O1)C(=O)O. The first-order chi connectivity index (χ1) is 8.11. The standard InChI is InChI=1S/C13H23NO3/c1-10(12(15)16)14-9-11-5-8-13(17-11)6-3-2-4-7-13/h10-11,14H,2-9H2,1H3,(H,15,16)/t10-,11?/m0/s1. The van der Waals surface area contributed by atoms with E-state index in [2.05, 4.69) is 5.32 Å². The van der Waals surface area contributed by atoms with Gasteiger partial charge in [0.2, 0.25) is 0 Å². The summed E-state index contributed by atoms with van der Waals surface area (Å²) in [6.07, 6.45) is 8.72. The van der Waals surface area contributed by atoms with Crippen molar-refractivity contribution in [3.8, 4) is 0 Å². The summed E-state index contributed by atoms with van der Waals surface area (Å²) >= 11 is 0. The number of hydrogen-bond donors (Lipinski definition) is 2. The van der Waals surface area contributed by atoms with Crippen LogP contribution >= 0.6 is 0 Å². The molecular formula is C13H23NO3. The second kappa shape index (κ2) is 5.36. The third-order valence-corrected chi connectivity index (χ3v) is 4.13. The Kier molecular flexibility index (Phi) is 4.05. The number of hydrogen-bond acceptors (Lipinski definition) is 3. The van der Waals surface area contributed by atoms with E-state index >= 15 is 0 Å². The molecule has 0 aromatic heterocycles. The van der Waals surface area contributed by atoms with Gasteiger partial charge in [0.15, 0.2) is 0 Å². The number of nitrogens with one attached hydrogen (secondary N) is 1. The van der Waals surface area contributed by atoms with Crippen molar-refractivity contribution in [2.75, 3.05) is 6.54 Å². The number of carbonyl (C=O) groups is 1. The number of ether oxygens (including phenoxy) is 1. The van der Waals surface area contributed by atoms with Gasteiger partial charge in [-0.3, -0.25) is 4.79 Å². The van der Waals surface area contributed by atoms with E-state index in [1.54, 1.807) is 6.92 Å². The first kappa shape index (κ1) is 12.8. The van der Waals surface area contributed by atoms with E-state index in [9.17, 15) is 4.79 Å². The van der Waals surface area contributed by atoms with Gasteiger partial charge in [0.1, 0.15) is 6.04 Å². The van der Waals surface area contributed by atoms with Crippen LogP contribution in [0.5, 0.6) is 0 Å². The van der Waals surface area contributed by atoms with Gasteiger partial charge in [-0.25, -0.2) is 0 Å². The van der Waals surface area contributed by atoms with Crippen molar-refractivity contribution < 1.29 is 14.6 Å². The van der Waals surface area contributed by atoms with Gasteiger partial charge in [-0.05, 0) is 32.6 Å². The predicted octanol–water partition coefficient (Wildman–Crippen LogP) is 1.93. The quantitative estimate of drug-likeness (QED) is 0.789. The molecule has 1 aliphatic heterocycles. The lowest BCUT2D eigenvalue weighted by atomic mass is 9.83. The fraction of sp³-hybridized carbons (Fsp3) is 0.923. The zero-order valence-corrected chi connectivity index (χ0v) is 10.6. The molecule has 1 unspecified atom stereocenters. The van der Waals surface area contributed by atoms with Crippen LogP contribution < -0.4 is 5.32 Å². The van der Waals surface area contributed by atoms with Crippen LogP contribution in [0.15, 0.2) is 0 Å². The second-order valence-electron chi connectivity index (χ2n) is 5.49. The van der Waals surface area contributed by atoms with Crippen LogP contribution in [0, 0.1) is 0 Å². The van der Waals surface area contributed by atoms with Crippen molar-refractivity contribution in [1.29, 1.82) is 0 Å². The number of aliphatic carboxylic acids is 1. The number of carboxylic acids is 1. The highest BCUT2D eigenvalue weighted by molar-refractivity contribution is 5.72. The first-order valence-corrected chi connectivity index (χ1v) is 6.75. The smallest absolute Gasteiger partial charge is 0.320 e. The summed E-state index contributed by atoms with van der Waals surface area (Å²) in [5.41, 5.74) is 0.136. The molecule has 4 heteroatoms. The second-order valence-corrected chi connectivity index (χ2v) is 5.49. The van der Waals surface area contributed by atoms with Gasteiger partial charge in [0.25, 0.3) is 0 Å². The molecule has 1 aliphatic carbocycles. The lowest BCUT2D eigenvalue weighted by Crippen LogP contribution is -2.40. The van der Waals surface area contributed by atoms with Gasteiger partial charge in [-0.2, -0.15) is 0 Å². The predicted molar refractivity (Wildman–Crippen MR) is 65.0 cm³/mol. The zero-order chi connectivity index (χ0) is 12.3. The lowest BCUT2D eigenvalue weighted by molar-refractivity contribution is -0.139. The molecule has 2 fully saturated rings. The van der Waals surface area contributed by atoms with Gasteiger partial charge >= 0.3 is 5.97 Å². The summed E-state index contributed by atoms with van der Waals surface area (Å²) in [7, 11) is 0. The van der Waals surface area contributed by atoms with Crippen LogP contribution in [0.4, 0.5) is 0 Å². The normalized spacial score (nSPS) is 29.4. The van der Waals surface area contributed by atoms with Crippen LogP contribution in [-0.2, 0) is 9.53 Å². The van der Waals surface area contributed by atoms with E-state index in [1.165, 1.54) is 32.1 Å². The molecule has 2 N–H and O–H groups in total. The average molecular weight is 241 g/mol. The Labute approximate surface area is 103 Å². The summed E-state index contributed by atoms with van der Waals surface area (Å²) in [5.74, 6) is -0.796. The Balaban J connectivity index is 1.76. The van der Waals surface area contributed by atoms with Crippen molar-refractivity contribution in [2.24, 2.45) is 0 Å². The molecule has 0 amide bonds. The average Bonchev–Trinajstić information content (AvgIpc) is 2.70. The van der Waals surface area contributed by atoms with Crippen LogP contribution in [0.25, 0.3) is 0 Å². The van der Waals surface area contributed by atoms with Gasteiger partial charge in [0, 0.05) is 6.54 Å². The molecular weight excluding hydrogens is 218 g/mol. The van der Waals surface area contributed by atoms with E-state index in [0.29, 0.717) is 6.54 Å². The molecule has 1 saturated carbocycles. The maximum atomic E-state index is 10.7. The fourth-order valence-corrected chi connectivity index (χ4v) is 3.00. The molecule has 4 nitrogen and oxygen atoms in total. The Bertz CT molecular complexity index is 274. The fourth-order valence-electron chi connectivity index (χ4n) is 3.00. The van der Waals surface area contributed by atoms with Crippen LogP contribution in [0.1, 0.15) is 51.9 Å². The molecule has 2 atom stereocenters. The molecule has 1 spiro atoms. The van der Waals surface area contributed by atoms with E-state index < -0.39 is 12.0 Å². The summed E-state index contributed by atoms with van der Waals surface area (Å²) in [5, 5.41) is 11.8. The highest BCUT2D eigenvalue weighted by Crippen LogP contribution is 2.41. The molecule has 1 saturated heterocycles. The Morgan fingerprint density at radius 3 is 2.76 bits per heavy atom. The minimum absolute atomic E-state index is 0.136. The zero-order valence-electron chi connectivity index (χ0n) is 10.6. The number of carboxylic acid groups (broad SMARTS) is 1. The maximum absolute atomic E-state index is 10.7. The van der Waals surface area contributed by atoms with E-state index in [1.807, 2.05) is 0 Å². The third-order valence-electron chi connectivity index (χ3n) is 4.13. The first-order valence-electron chi connectivity index (χ1n) is 6.75. The molecule has 0 bridgehead atoms. The maximum Gasteiger partial charge on any atom is 0.320 e. The van der Waals surface area contributed by atoms with Gasteiger partial charge < -0.3 is 15.2 Å². The van der Waals surface area contributed by atoms with E-state index in [-0.39, 0.29) is 11.7 Å². The Hall–Kier alpha value is -0.610. The molecule has 0 radical (unpaired) electrons. The van der Waals surface area contributed by atoms with Crippen molar-refractivity contribution in [1.82, 2.24) is 5.32 Å². The van der Waals surface area contributed by atoms with E-state index in [4.69, 9.17) is 9.84 Å². The minimum atomic E-state index is -0.796. The lowest BCUT2D eigenvalue weighted by Gasteiger charge is -2.33. The van der Waals surface area contributed by atoms with Gasteiger partial charge in [-0.15, -0.1) is 0 Å². The Morgan fingerprint density at radius 1 is 1.41 bits per heavy atom. The summed E-state index contributed by atoms with van der Waals surface area (Å²) in [6, 6.07) is -0.485. The molecule has 1 heterocycles. The van der Waals surface area contributed by atoms with Gasteiger partial charge in [-0.1, -0.05) is 19.3 Å². The molecule has 0 aromatic rings. The topological polar surface area (TPSA) is 58.6 Å². The minimum Gasteiger partial charge on any atom is -0.480 e. The van der Waals surface area contributed by atoms with E-state index in [0.717, 1.165) is 12.8 Å². The van der Waals surface area contributed by atoms with Crippen molar-refractivity contribution in [3.63, 3.8) is 0 Å². The van der Waals surface area contributed by atoms with Crippen molar-refractivity contribution >= 4 is 5.97 Å². The molecule has 2 aliphatic rings. The van der Waals surface area contributed by atoms with Crippen molar-refractivity contribution in [3.05, 3.63) is 0 Å². The van der Waals surface area contributed by atoms with Crippen LogP contribution in [0.2, 0.25) is 0 Å². The molecule has 17 heavy (non-hydrogen) atoms. The molecule has 98 valence electrons. The molecule has 2 rings (SSSR count). The van der Waals surface area contributed by atoms with Crippen LogP contribution in [0.3, 0.4) is 0 Å². The van der Waals surface area contributed by atoms with Crippen molar-refractivity contribution in [2.45, 2.75) is 69.6 Å². The Morgan fingerprint density at radius 2 is 2.12 bits per heavy atom. The summed E-state index contributed by atoms with van der Waals surface area (Å²) in [6.45, 7) is 2.34. The monoisotopic (exact) mass is 241 g/mol. The third kappa shape index (κ3) is 3.19. The highest BCUT2D eigenvalue weighted by atomic mass is 16.5. The number of rotatable bonds is 4. The highest BCUT2D eigenvalue weighted by Gasteiger charge is 2.40. The largest absolute Gasteiger partial charge is 0.480 e. The van der Waals surface area contributed by atoms with Crippen LogP contribution in [-0.4, -0.2) is 35.4 Å².